The summed E-state index contributed by atoms with van der Waals surface area (Å²) in [5.41, 5.74) is 0.954. The van der Waals surface area contributed by atoms with Crippen LogP contribution in [-0.2, 0) is 10.0 Å². The maximum atomic E-state index is 11.4. The first-order valence-corrected chi connectivity index (χ1v) is 7.82. The fourth-order valence-corrected chi connectivity index (χ4v) is 2.57. The molecule has 0 radical (unpaired) electrons. The molecule has 1 atom stereocenters. The lowest BCUT2D eigenvalue weighted by atomic mass is 9.98. The predicted octanol–water partition coefficient (Wildman–Crippen LogP) is 2.33. The van der Waals surface area contributed by atoms with Gasteiger partial charge < -0.3 is 4.74 Å². The molecule has 5 heteroatoms. The van der Waals surface area contributed by atoms with E-state index in [-0.39, 0.29) is 6.04 Å². The van der Waals surface area contributed by atoms with Crippen molar-refractivity contribution in [3.05, 3.63) is 29.8 Å². The van der Waals surface area contributed by atoms with Crippen molar-refractivity contribution < 1.29 is 13.2 Å². The summed E-state index contributed by atoms with van der Waals surface area (Å²) in [6.45, 7) is 4.14. The van der Waals surface area contributed by atoms with Crippen LogP contribution in [0.1, 0.15) is 31.9 Å². The minimum Gasteiger partial charge on any atom is -0.497 e. The molecule has 0 spiro atoms. The molecule has 0 aromatic heterocycles. The Morgan fingerprint density at radius 3 is 2.17 bits per heavy atom. The third-order valence-corrected chi connectivity index (χ3v) is 3.29. The molecule has 4 nitrogen and oxygen atoms in total. The van der Waals surface area contributed by atoms with Gasteiger partial charge >= 0.3 is 0 Å². The molecular weight excluding hydrogens is 250 g/mol. The molecule has 0 amide bonds. The van der Waals surface area contributed by atoms with Crippen molar-refractivity contribution in [2.45, 2.75) is 26.3 Å². The van der Waals surface area contributed by atoms with Gasteiger partial charge in [0, 0.05) is 6.04 Å². The molecule has 1 rings (SSSR count). The summed E-state index contributed by atoms with van der Waals surface area (Å²) in [5, 5.41) is 0. The lowest BCUT2D eigenvalue weighted by molar-refractivity contribution is 0.414. The molecular formula is C13H21NO3S. The largest absolute Gasteiger partial charge is 0.497 e. The van der Waals surface area contributed by atoms with Gasteiger partial charge in [0.1, 0.15) is 5.75 Å². The quantitative estimate of drug-likeness (QED) is 0.864. The van der Waals surface area contributed by atoms with Gasteiger partial charge in [0.05, 0.1) is 13.4 Å². The van der Waals surface area contributed by atoms with E-state index in [1.807, 2.05) is 24.3 Å². The van der Waals surface area contributed by atoms with Crippen LogP contribution >= 0.6 is 0 Å². The summed E-state index contributed by atoms with van der Waals surface area (Å²) in [5.74, 6) is 1.17. The molecule has 0 fully saturated rings. The van der Waals surface area contributed by atoms with Crippen molar-refractivity contribution >= 4 is 10.0 Å². The smallest absolute Gasteiger partial charge is 0.209 e. The topological polar surface area (TPSA) is 55.4 Å². The summed E-state index contributed by atoms with van der Waals surface area (Å²) >= 11 is 0. The summed E-state index contributed by atoms with van der Waals surface area (Å²) in [7, 11) is -1.61. The average Bonchev–Trinajstić information content (AvgIpc) is 2.26. The van der Waals surface area contributed by atoms with Gasteiger partial charge in [-0.05, 0) is 30.0 Å². The highest BCUT2D eigenvalue weighted by molar-refractivity contribution is 7.88. The summed E-state index contributed by atoms with van der Waals surface area (Å²) < 4.78 is 30.5. The number of hydrogen-bond acceptors (Lipinski definition) is 3. The fraction of sp³-hybridized carbons (Fsp3) is 0.538. The third-order valence-electron chi connectivity index (χ3n) is 2.58. The van der Waals surface area contributed by atoms with Crippen LogP contribution in [0.3, 0.4) is 0 Å². The highest BCUT2D eigenvalue weighted by Gasteiger charge is 2.17. The fourth-order valence-electron chi connectivity index (χ4n) is 1.82. The predicted molar refractivity (Wildman–Crippen MR) is 73.2 cm³/mol. The zero-order valence-electron chi connectivity index (χ0n) is 11.3. The van der Waals surface area contributed by atoms with Crippen LogP contribution in [0, 0.1) is 5.92 Å². The molecule has 0 saturated heterocycles. The molecule has 1 aromatic carbocycles. The molecule has 0 aliphatic rings. The SMILES string of the molecule is COc1ccc([C@H](CC(C)C)NS(C)(=O)=O)cc1. The Balaban J connectivity index is 2.93. The molecule has 0 saturated carbocycles. The average molecular weight is 271 g/mol. The first-order chi connectivity index (χ1) is 8.31. The minimum atomic E-state index is -3.21. The van der Waals surface area contributed by atoms with E-state index in [1.54, 1.807) is 7.11 Å². The Kier molecular flexibility index (Phi) is 5.16. The van der Waals surface area contributed by atoms with Crippen molar-refractivity contribution in [1.82, 2.24) is 4.72 Å². The van der Waals surface area contributed by atoms with Gasteiger partial charge in [-0.2, -0.15) is 0 Å². The van der Waals surface area contributed by atoms with E-state index in [0.29, 0.717) is 5.92 Å². The van der Waals surface area contributed by atoms with E-state index in [9.17, 15) is 8.42 Å². The van der Waals surface area contributed by atoms with Crippen molar-refractivity contribution in [3.8, 4) is 5.75 Å². The standard InChI is InChI=1S/C13H21NO3S/c1-10(2)9-13(14-18(4,15)16)11-5-7-12(17-3)8-6-11/h5-8,10,13-14H,9H2,1-4H3/t13-/m0/s1. The van der Waals surface area contributed by atoms with Gasteiger partial charge in [-0.3, -0.25) is 0 Å². The van der Waals surface area contributed by atoms with Crippen molar-refractivity contribution in [2.75, 3.05) is 13.4 Å². The molecule has 1 N–H and O–H groups in total. The number of hydrogen-bond donors (Lipinski definition) is 1. The number of benzene rings is 1. The zero-order valence-corrected chi connectivity index (χ0v) is 12.1. The Morgan fingerprint density at radius 1 is 1.22 bits per heavy atom. The molecule has 102 valence electrons. The summed E-state index contributed by atoms with van der Waals surface area (Å²) in [4.78, 5) is 0. The second-order valence-electron chi connectivity index (χ2n) is 4.85. The highest BCUT2D eigenvalue weighted by atomic mass is 32.2. The van der Waals surface area contributed by atoms with E-state index in [2.05, 4.69) is 18.6 Å². The van der Waals surface area contributed by atoms with Crippen LogP contribution in [0.2, 0.25) is 0 Å². The molecule has 0 aliphatic heterocycles. The summed E-state index contributed by atoms with van der Waals surface area (Å²) in [6.07, 6.45) is 1.95. The van der Waals surface area contributed by atoms with E-state index >= 15 is 0 Å². The van der Waals surface area contributed by atoms with Crippen LogP contribution < -0.4 is 9.46 Å². The Hall–Kier alpha value is -1.07. The van der Waals surface area contributed by atoms with E-state index in [1.165, 1.54) is 6.26 Å². The summed E-state index contributed by atoms with van der Waals surface area (Å²) in [6, 6.07) is 7.28. The Labute approximate surface area is 109 Å². The molecule has 0 aliphatic carbocycles. The monoisotopic (exact) mass is 271 g/mol. The van der Waals surface area contributed by atoms with E-state index in [4.69, 9.17) is 4.74 Å². The maximum Gasteiger partial charge on any atom is 0.209 e. The number of ether oxygens (including phenoxy) is 1. The molecule has 0 unspecified atom stereocenters. The second-order valence-corrected chi connectivity index (χ2v) is 6.63. The van der Waals surface area contributed by atoms with Crippen LogP contribution in [0.15, 0.2) is 24.3 Å². The molecule has 18 heavy (non-hydrogen) atoms. The first kappa shape index (κ1) is 15.0. The third kappa shape index (κ3) is 5.06. The number of methoxy groups -OCH3 is 1. The van der Waals surface area contributed by atoms with Gasteiger partial charge in [0.25, 0.3) is 0 Å². The zero-order chi connectivity index (χ0) is 13.8. The van der Waals surface area contributed by atoms with Crippen LogP contribution in [0.25, 0.3) is 0 Å². The van der Waals surface area contributed by atoms with Crippen LogP contribution in [0.4, 0.5) is 0 Å². The van der Waals surface area contributed by atoms with Gasteiger partial charge in [-0.15, -0.1) is 0 Å². The van der Waals surface area contributed by atoms with Crippen LogP contribution in [-0.4, -0.2) is 21.8 Å². The lowest BCUT2D eigenvalue weighted by Crippen LogP contribution is -2.28. The van der Waals surface area contributed by atoms with Crippen molar-refractivity contribution in [2.24, 2.45) is 5.92 Å². The highest BCUT2D eigenvalue weighted by Crippen LogP contribution is 2.24. The first-order valence-electron chi connectivity index (χ1n) is 5.93. The number of nitrogens with one attached hydrogen (secondary N) is 1. The van der Waals surface area contributed by atoms with E-state index < -0.39 is 10.0 Å². The molecule has 0 heterocycles. The second kappa shape index (κ2) is 6.20. The van der Waals surface area contributed by atoms with Crippen molar-refractivity contribution in [3.63, 3.8) is 0 Å². The Morgan fingerprint density at radius 2 is 1.78 bits per heavy atom. The van der Waals surface area contributed by atoms with E-state index in [0.717, 1.165) is 17.7 Å². The van der Waals surface area contributed by atoms with Gasteiger partial charge in [0.15, 0.2) is 0 Å². The molecule has 1 aromatic rings. The lowest BCUT2D eigenvalue weighted by Gasteiger charge is -2.20. The molecule has 0 bridgehead atoms. The number of sulfonamides is 1. The van der Waals surface area contributed by atoms with Crippen LogP contribution in [0.5, 0.6) is 5.75 Å². The maximum absolute atomic E-state index is 11.4. The van der Waals surface area contributed by atoms with Crippen molar-refractivity contribution in [1.29, 1.82) is 0 Å². The van der Waals surface area contributed by atoms with Gasteiger partial charge in [-0.25, -0.2) is 13.1 Å². The minimum absolute atomic E-state index is 0.189. The Bertz CT molecular complexity index is 466. The number of rotatable bonds is 6. The van der Waals surface area contributed by atoms with Gasteiger partial charge in [-0.1, -0.05) is 26.0 Å². The van der Waals surface area contributed by atoms with Gasteiger partial charge in [0.2, 0.25) is 10.0 Å². The normalized spacial score (nSPS) is 13.6.